The van der Waals surface area contributed by atoms with Gasteiger partial charge in [-0.3, -0.25) is 0 Å². The summed E-state index contributed by atoms with van der Waals surface area (Å²) >= 11 is 0. The molecular formula is C16H12O3. The van der Waals surface area contributed by atoms with E-state index in [1.165, 1.54) is 0 Å². The minimum Gasteiger partial charge on any atom is -0.508 e. The number of hydrogen-bond acceptors (Lipinski definition) is 3. The van der Waals surface area contributed by atoms with Gasteiger partial charge in [-0.15, -0.1) is 0 Å². The van der Waals surface area contributed by atoms with E-state index in [-0.39, 0.29) is 11.5 Å². The third-order valence-electron chi connectivity index (χ3n) is 2.97. The van der Waals surface area contributed by atoms with Crippen molar-refractivity contribution in [2.45, 2.75) is 0 Å². The summed E-state index contributed by atoms with van der Waals surface area (Å²) in [6.45, 7) is 0. The van der Waals surface area contributed by atoms with E-state index in [1.54, 1.807) is 42.7 Å². The first kappa shape index (κ1) is 11.4. The minimum absolute atomic E-state index is 0.224. The molecule has 0 aliphatic carbocycles. The van der Waals surface area contributed by atoms with E-state index in [9.17, 15) is 10.2 Å². The molecule has 0 radical (unpaired) electrons. The average Bonchev–Trinajstić information content (AvgIpc) is 2.90. The van der Waals surface area contributed by atoms with E-state index in [0.29, 0.717) is 0 Å². The summed E-state index contributed by atoms with van der Waals surface area (Å²) in [6.07, 6.45) is 1.63. The summed E-state index contributed by atoms with van der Waals surface area (Å²) < 4.78 is 5.53. The Morgan fingerprint density at radius 3 is 1.74 bits per heavy atom. The largest absolute Gasteiger partial charge is 0.508 e. The summed E-state index contributed by atoms with van der Waals surface area (Å²) in [4.78, 5) is 0. The number of phenolic OH excluding ortho intramolecular Hbond substituents is 2. The van der Waals surface area contributed by atoms with Gasteiger partial charge in [0.15, 0.2) is 0 Å². The predicted octanol–water partition coefficient (Wildman–Crippen LogP) is 4.02. The zero-order chi connectivity index (χ0) is 13.2. The molecule has 0 aliphatic heterocycles. The number of aromatic hydroxyl groups is 2. The second-order valence-corrected chi connectivity index (χ2v) is 4.26. The van der Waals surface area contributed by atoms with E-state index in [2.05, 4.69) is 0 Å². The van der Waals surface area contributed by atoms with Crippen LogP contribution in [-0.4, -0.2) is 10.2 Å². The van der Waals surface area contributed by atoms with Gasteiger partial charge in [0, 0.05) is 11.1 Å². The van der Waals surface area contributed by atoms with Gasteiger partial charge in [-0.25, -0.2) is 0 Å². The van der Waals surface area contributed by atoms with Crippen LogP contribution in [0, 0.1) is 0 Å². The maximum Gasteiger partial charge on any atom is 0.141 e. The molecule has 0 saturated carbocycles. The SMILES string of the molecule is Oc1ccc(-c2ccoc2-c2ccc(O)cc2)cc1. The summed E-state index contributed by atoms with van der Waals surface area (Å²) in [5.74, 6) is 1.20. The molecule has 0 fully saturated rings. The highest BCUT2D eigenvalue weighted by Crippen LogP contribution is 2.34. The van der Waals surface area contributed by atoms with Crippen molar-refractivity contribution in [3.8, 4) is 33.9 Å². The topological polar surface area (TPSA) is 53.6 Å². The molecule has 3 nitrogen and oxygen atoms in total. The van der Waals surface area contributed by atoms with Gasteiger partial charge in [0.25, 0.3) is 0 Å². The smallest absolute Gasteiger partial charge is 0.141 e. The van der Waals surface area contributed by atoms with Crippen LogP contribution in [0.15, 0.2) is 65.3 Å². The van der Waals surface area contributed by atoms with E-state index >= 15 is 0 Å². The maximum atomic E-state index is 9.32. The lowest BCUT2D eigenvalue weighted by Crippen LogP contribution is -1.79. The summed E-state index contributed by atoms with van der Waals surface area (Å²) in [5, 5.41) is 18.6. The molecule has 0 atom stereocenters. The number of furan rings is 1. The maximum absolute atomic E-state index is 9.32. The van der Waals surface area contributed by atoms with Crippen molar-refractivity contribution in [1.82, 2.24) is 0 Å². The number of phenols is 2. The number of benzene rings is 2. The van der Waals surface area contributed by atoms with Gasteiger partial charge in [0.1, 0.15) is 17.3 Å². The second kappa shape index (κ2) is 4.53. The zero-order valence-electron chi connectivity index (χ0n) is 10.1. The molecular weight excluding hydrogens is 240 g/mol. The fourth-order valence-corrected chi connectivity index (χ4v) is 2.01. The lowest BCUT2D eigenvalue weighted by molar-refractivity contribution is 0.474. The van der Waals surface area contributed by atoms with Gasteiger partial charge in [-0.1, -0.05) is 12.1 Å². The van der Waals surface area contributed by atoms with Crippen molar-refractivity contribution >= 4 is 0 Å². The molecule has 19 heavy (non-hydrogen) atoms. The van der Waals surface area contributed by atoms with Crippen molar-refractivity contribution < 1.29 is 14.6 Å². The van der Waals surface area contributed by atoms with Crippen LogP contribution in [-0.2, 0) is 0 Å². The Kier molecular flexibility index (Phi) is 2.72. The Bertz CT molecular complexity index is 619. The molecule has 0 unspecified atom stereocenters. The molecule has 3 rings (SSSR count). The normalized spacial score (nSPS) is 10.5. The Morgan fingerprint density at radius 1 is 0.632 bits per heavy atom. The highest BCUT2D eigenvalue weighted by molar-refractivity contribution is 5.80. The van der Waals surface area contributed by atoms with Gasteiger partial charge < -0.3 is 14.6 Å². The molecule has 0 amide bonds. The fraction of sp³-hybridized carbons (Fsp3) is 0. The van der Waals surface area contributed by atoms with Crippen LogP contribution < -0.4 is 0 Å². The third kappa shape index (κ3) is 2.18. The van der Waals surface area contributed by atoms with E-state index in [0.717, 1.165) is 22.5 Å². The molecule has 3 heteroatoms. The van der Waals surface area contributed by atoms with Crippen LogP contribution >= 0.6 is 0 Å². The van der Waals surface area contributed by atoms with Crippen molar-refractivity contribution in [3.05, 3.63) is 60.9 Å². The zero-order valence-corrected chi connectivity index (χ0v) is 10.1. The van der Waals surface area contributed by atoms with Crippen LogP contribution in [0.1, 0.15) is 0 Å². The third-order valence-corrected chi connectivity index (χ3v) is 2.97. The van der Waals surface area contributed by atoms with E-state index in [4.69, 9.17) is 4.42 Å². The van der Waals surface area contributed by atoms with Crippen molar-refractivity contribution in [2.75, 3.05) is 0 Å². The first-order valence-electron chi connectivity index (χ1n) is 5.90. The highest BCUT2D eigenvalue weighted by atomic mass is 16.3. The van der Waals surface area contributed by atoms with Crippen LogP contribution in [0.5, 0.6) is 11.5 Å². The fourth-order valence-electron chi connectivity index (χ4n) is 2.01. The average molecular weight is 252 g/mol. The standard InChI is InChI=1S/C16H12O3/c17-13-5-1-11(2-6-13)15-9-10-19-16(15)12-3-7-14(18)8-4-12/h1-10,17-18H. The monoisotopic (exact) mass is 252 g/mol. The van der Waals surface area contributed by atoms with Crippen LogP contribution in [0.3, 0.4) is 0 Å². The first-order valence-corrected chi connectivity index (χ1v) is 5.90. The summed E-state index contributed by atoms with van der Waals surface area (Å²) in [5.41, 5.74) is 2.81. The highest BCUT2D eigenvalue weighted by Gasteiger charge is 2.10. The molecule has 0 bridgehead atoms. The molecule has 94 valence electrons. The molecule has 2 aromatic carbocycles. The summed E-state index contributed by atoms with van der Waals surface area (Å²) in [7, 11) is 0. The first-order chi connectivity index (χ1) is 9.24. The van der Waals surface area contributed by atoms with Crippen molar-refractivity contribution in [1.29, 1.82) is 0 Å². The molecule has 0 aliphatic rings. The van der Waals surface area contributed by atoms with Gasteiger partial charge in [0.05, 0.1) is 6.26 Å². The van der Waals surface area contributed by atoms with E-state index < -0.39 is 0 Å². The number of rotatable bonds is 2. The van der Waals surface area contributed by atoms with Crippen molar-refractivity contribution in [3.63, 3.8) is 0 Å². The lowest BCUT2D eigenvalue weighted by Gasteiger charge is -2.03. The second-order valence-electron chi connectivity index (χ2n) is 4.26. The van der Waals surface area contributed by atoms with Gasteiger partial charge in [-0.2, -0.15) is 0 Å². The van der Waals surface area contributed by atoms with Crippen LogP contribution in [0.25, 0.3) is 22.5 Å². The molecule has 1 aromatic heterocycles. The van der Waals surface area contributed by atoms with Crippen LogP contribution in [0.4, 0.5) is 0 Å². The van der Waals surface area contributed by atoms with Gasteiger partial charge in [0.2, 0.25) is 0 Å². The minimum atomic E-state index is 0.224. The van der Waals surface area contributed by atoms with E-state index in [1.807, 2.05) is 18.2 Å². The van der Waals surface area contributed by atoms with Crippen molar-refractivity contribution in [2.24, 2.45) is 0 Å². The molecule has 1 heterocycles. The summed E-state index contributed by atoms with van der Waals surface area (Å²) in [6, 6.07) is 15.7. The Balaban J connectivity index is 2.07. The number of hydrogen-bond donors (Lipinski definition) is 2. The Hall–Kier alpha value is -2.68. The Labute approximate surface area is 110 Å². The molecule has 0 spiro atoms. The van der Waals surface area contributed by atoms with Crippen LogP contribution in [0.2, 0.25) is 0 Å². The Morgan fingerprint density at radius 2 is 1.16 bits per heavy atom. The molecule has 0 saturated heterocycles. The molecule has 3 aromatic rings. The van der Waals surface area contributed by atoms with Gasteiger partial charge in [-0.05, 0) is 48.0 Å². The lowest BCUT2D eigenvalue weighted by atomic mass is 10.0. The predicted molar refractivity (Wildman–Crippen MR) is 72.9 cm³/mol. The van der Waals surface area contributed by atoms with Gasteiger partial charge >= 0.3 is 0 Å². The quantitative estimate of drug-likeness (QED) is 0.724. The molecule has 2 N–H and O–H groups in total.